The molecule has 0 aliphatic carbocycles. The number of ether oxygens (including phenoxy) is 1. The van der Waals surface area contributed by atoms with Gasteiger partial charge in [0, 0.05) is 0 Å². The molecule has 0 aromatic heterocycles. The molecule has 2 aromatic rings. The van der Waals surface area contributed by atoms with Gasteiger partial charge < -0.3 is 4.74 Å². The Balaban J connectivity index is 2.22. The topological polar surface area (TPSA) is 47.3 Å². The highest BCUT2D eigenvalue weighted by atomic mass is 35.5. The fourth-order valence-electron chi connectivity index (χ4n) is 2.05. The van der Waals surface area contributed by atoms with Crippen LogP contribution in [0.15, 0.2) is 42.5 Å². The van der Waals surface area contributed by atoms with Gasteiger partial charge in [-0.25, -0.2) is 9.82 Å². The van der Waals surface area contributed by atoms with Crippen LogP contribution in [0.2, 0.25) is 5.02 Å². The average molecular weight is 309 g/mol. The van der Waals surface area contributed by atoms with Crippen LogP contribution in [-0.2, 0) is 0 Å². The van der Waals surface area contributed by atoms with E-state index in [9.17, 15) is 4.39 Å². The van der Waals surface area contributed by atoms with Crippen LogP contribution in [0.25, 0.3) is 0 Å². The summed E-state index contributed by atoms with van der Waals surface area (Å²) in [6.45, 7) is 2.73. The molecule has 3 N–H and O–H groups in total. The van der Waals surface area contributed by atoms with Crippen LogP contribution in [0.5, 0.6) is 5.75 Å². The van der Waals surface area contributed by atoms with Crippen LogP contribution in [0.1, 0.15) is 30.5 Å². The number of hydrazine groups is 1. The third-order valence-electron chi connectivity index (χ3n) is 3.13. The second kappa shape index (κ2) is 7.41. The highest BCUT2D eigenvalue weighted by Crippen LogP contribution is 2.26. The summed E-state index contributed by atoms with van der Waals surface area (Å²) in [5.74, 6) is 5.95. The van der Waals surface area contributed by atoms with E-state index in [0.29, 0.717) is 12.2 Å². The molecule has 0 spiro atoms. The summed E-state index contributed by atoms with van der Waals surface area (Å²) in [6, 6.07) is 11.9. The predicted molar refractivity (Wildman–Crippen MR) is 82.8 cm³/mol. The minimum atomic E-state index is -0.461. The SMILES string of the molecule is CCCOc1ccc(C(NN)c2ccc(Cl)c(F)c2)cc1. The van der Waals surface area contributed by atoms with Crippen LogP contribution < -0.4 is 16.0 Å². The van der Waals surface area contributed by atoms with E-state index in [1.807, 2.05) is 24.3 Å². The number of hydrogen-bond donors (Lipinski definition) is 2. The molecule has 5 heteroatoms. The highest BCUT2D eigenvalue weighted by molar-refractivity contribution is 6.30. The zero-order valence-corrected chi connectivity index (χ0v) is 12.5. The summed E-state index contributed by atoms with van der Waals surface area (Å²) in [6.07, 6.45) is 0.957. The molecule has 1 atom stereocenters. The van der Waals surface area contributed by atoms with E-state index < -0.39 is 5.82 Å². The molecule has 112 valence electrons. The lowest BCUT2D eigenvalue weighted by atomic mass is 9.99. The van der Waals surface area contributed by atoms with Gasteiger partial charge in [0.25, 0.3) is 0 Å². The van der Waals surface area contributed by atoms with E-state index in [0.717, 1.165) is 17.7 Å². The second-order valence-corrected chi connectivity index (χ2v) is 5.10. The van der Waals surface area contributed by atoms with Crippen molar-refractivity contribution in [1.82, 2.24) is 5.43 Å². The maximum absolute atomic E-state index is 13.6. The quantitative estimate of drug-likeness (QED) is 0.630. The molecule has 0 amide bonds. The average Bonchev–Trinajstić information content (AvgIpc) is 2.50. The molecule has 0 aliphatic rings. The van der Waals surface area contributed by atoms with Crippen molar-refractivity contribution in [2.45, 2.75) is 19.4 Å². The van der Waals surface area contributed by atoms with E-state index in [4.69, 9.17) is 22.2 Å². The molecule has 1 unspecified atom stereocenters. The summed E-state index contributed by atoms with van der Waals surface area (Å²) in [4.78, 5) is 0. The number of rotatable bonds is 6. The first-order valence-corrected chi connectivity index (χ1v) is 7.17. The summed E-state index contributed by atoms with van der Waals surface area (Å²) >= 11 is 5.70. The van der Waals surface area contributed by atoms with Crippen LogP contribution in [0.4, 0.5) is 4.39 Å². The lowest BCUT2D eigenvalue weighted by molar-refractivity contribution is 0.317. The Labute approximate surface area is 128 Å². The molecule has 0 fully saturated rings. The first-order valence-electron chi connectivity index (χ1n) is 6.79. The van der Waals surface area contributed by atoms with Gasteiger partial charge in [-0.05, 0) is 41.8 Å². The Hall–Kier alpha value is -1.62. The maximum atomic E-state index is 13.6. The van der Waals surface area contributed by atoms with Crippen molar-refractivity contribution in [1.29, 1.82) is 0 Å². The van der Waals surface area contributed by atoms with Gasteiger partial charge in [-0.15, -0.1) is 0 Å². The molecule has 0 saturated carbocycles. The second-order valence-electron chi connectivity index (χ2n) is 4.69. The molecular formula is C16H18ClFN2O. The normalized spacial score (nSPS) is 12.2. The summed E-state index contributed by atoms with van der Waals surface area (Å²) in [5.41, 5.74) is 4.32. The first-order chi connectivity index (χ1) is 10.2. The van der Waals surface area contributed by atoms with Gasteiger partial charge in [0.1, 0.15) is 11.6 Å². The summed E-state index contributed by atoms with van der Waals surface area (Å²) in [7, 11) is 0. The molecule has 0 bridgehead atoms. The third kappa shape index (κ3) is 3.94. The number of nitrogens with one attached hydrogen (secondary N) is 1. The van der Waals surface area contributed by atoms with Gasteiger partial charge in [-0.3, -0.25) is 5.84 Å². The largest absolute Gasteiger partial charge is 0.494 e. The third-order valence-corrected chi connectivity index (χ3v) is 3.44. The smallest absolute Gasteiger partial charge is 0.142 e. The Morgan fingerprint density at radius 2 is 1.86 bits per heavy atom. The molecule has 3 nitrogen and oxygen atoms in total. The maximum Gasteiger partial charge on any atom is 0.142 e. The Morgan fingerprint density at radius 3 is 2.43 bits per heavy atom. The van der Waals surface area contributed by atoms with Gasteiger partial charge >= 0.3 is 0 Å². The Kier molecular flexibility index (Phi) is 5.56. The van der Waals surface area contributed by atoms with Gasteiger partial charge in [-0.2, -0.15) is 0 Å². The number of halogens is 2. The number of hydrogen-bond acceptors (Lipinski definition) is 3. The molecule has 2 aromatic carbocycles. The van der Waals surface area contributed by atoms with Crippen molar-refractivity contribution in [2.75, 3.05) is 6.61 Å². The van der Waals surface area contributed by atoms with Crippen LogP contribution in [0.3, 0.4) is 0 Å². The molecule has 0 aliphatic heterocycles. The molecule has 21 heavy (non-hydrogen) atoms. The summed E-state index contributed by atoms with van der Waals surface area (Å²) in [5, 5.41) is 0.0952. The molecule has 0 saturated heterocycles. The van der Waals surface area contributed by atoms with Crippen molar-refractivity contribution in [3.05, 3.63) is 64.4 Å². The van der Waals surface area contributed by atoms with Crippen molar-refractivity contribution < 1.29 is 9.13 Å². The zero-order valence-electron chi connectivity index (χ0n) is 11.8. The minimum Gasteiger partial charge on any atom is -0.494 e. The molecule has 2 rings (SSSR count). The lowest BCUT2D eigenvalue weighted by Crippen LogP contribution is -2.28. The Bertz CT molecular complexity index is 589. The fourth-order valence-corrected chi connectivity index (χ4v) is 2.17. The van der Waals surface area contributed by atoms with Gasteiger partial charge in [-0.1, -0.05) is 36.7 Å². The molecule has 0 heterocycles. The fraction of sp³-hybridized carbons (Fsp3) is 0.250. The van der Waals surface area contributed by atoms with Crippen LogP contribution in [0, 0.1) is 5.82 Å². The first kappa shape index (κ1) is 15.8. The van der Waals surface area contributed by atoms with E-state index in [-0.39, 0.29) is 11.1 Å². The van der Waals surface area contributed by atoms with E-state index in [1.165, 1.54) is 12.1 Å². The van der Waals surface area contributed by atoms with Crippen LogP contribution >= 0.6 is 11.6 Å². The van der Waals surface area contributed by atoms with Crippen LogP contribution in [-0.4, -0.2) is 6.61 Å². The summed E-state index contributed by atoms with van der Waals surface area (Å²) < 4.78 is 19.1. The highest BCUT2D eigenvalue weighted by Gasteiger charge is 2.14. The number of benzene rings is 2. The van der Waals surface area contributed by atoms with Crippen molar-refractivity contribution >= 4 is 11.6 Å². The minimum absolute atomic E-state index is 0.0952. The number of nitrogens with two attached hydrogens (primary N) is 1. The predicted octanol–water partition coefficient (Wildman–Crippen LogP) is 3.82. The van der Waals surface area contributed by atoms with Gasteiger partial charge in [0.05, 0.1) is 17.7 Å². The van der Waals surface area contributed by atoms with Crippen molar-refractivity contribution in [2.24, 2.45) is 5.84 Å². The van der Waals surface area contributed by atoms with Gasteiger partial charge in [0.15, 0.2) is 0 Å². The molecular weight excluding hydrogens is 291 g/mol. The van der Waals surface area contributed by atoms with E-state index >= 15 is 0 Å². The standard InChI is InChI=1S/C16H18ClFN2O/c1-2-9-21-13-6-3-11(4-7-13)16(20-19)12-5-8-14(17)15(18)10-12/h3-8,10,16,20H,2,9,19H2,1H3. The van der Waals surface area contributed by atoms with Crippen molar-refractivity contribution in [3.8, 4) is 5.75 Å². The molecule has 0 radical (unpaired) electrons. The van der Waals surface area contributed by atoms with Gasteiger partial charge in [0.2, 0.25) is 0 Å². The zero-order chi connectivity index (χ0) is 15.2. The van der Waals surface area contributed by atoms with Crippen molar-refractivity contribution in [3.63, 3.8) is 0 Å². The lowest BCUT2D eigenvalue weighted by Gasteiger charge is -2.17. The monoisotopic (exact) mass is 308 g/mol. The Morgan fingerprint density at radius 1 is 1.19 bits per heavy atom. The van der Waals surface area contributed by atoms with E-state index in [1.54, 1.807) is 6.07 Å². The van der Waals surface area contributed by atoms with E-state index in [2.05, 4.69) is 12.3 Å².